The van der Waals surface area contributed by atoms with E-state index >= 15 is 0 Å². The lowest BCUT2D eigenvalue weighted by atomic mass is 10.1. The fourth-order valence-electron chi connectivity index (χ4n) is 1.97. The highest BCUT2D eigenvalue weighted by Gasteiger charge is 2.43. The lowest BCUT2D eigenvalue weighted by Crippen LogP contribution is -2.47. The van der Waals surface area contributed by atoms with Gasteiger partial charge in [-0.05, 0) is 33.1 Å². The Morgan fingerprint density at radius 1 is 1.53 bits per heavy atom. The van der Waals surface area contributed by atoms with Crippen LogP contribution in [0.25, 0.3) is 0 Å². The Balaban J connectivity index is 2.54. The van der Waals surface area contributed by atoms with Crippen molar-refractivity contribution in [2.24, 2.45) is 0 Å². The highest BCUT2D eigenvalue weighted by Crippen LogP contribution is 2.29. The Hall–Kier alpha value is -0.810. The van der Waals surface area contributed by atoms with Crippen LogP contribution in [0.1, 0.15) is 33.1 Å². The van der Waals surface area contributed by atoms with Gasteiger partial charge in [-0.3, -0.25) is 4.90 Å². The molecule has 1 aliphatic rings. The molecule has 1 rings (SSSR count). The van der Waals surface area contributed by atoms with Gasteiger partial charge in [0, 0.05) is 6.61 Å². The van der Waals surface area contributed by atoms with Gasteiger partial charge in [-0.25, -0.2) is 4.79 Å². The Morgan fingerprint density at radius 2 is 2.20 bits per heavy atom. The molecule has 1 atom stereocenters. The highest BCUT2D eigenvalue weighted by molar-refractivity contribution is 5.66. The molecular formula is C10H19NO4. The number of carbonyl (C=O) groups is 1. The van der Waals surface area contributed by atoms with Crippen LogP contribution in [0.4, 0.5) is 4.79 Å². The third-order valence-electron chi connectivity index (χ3n) is 2.73. The maximum Gasteiger partial charge on any atom is 0.409 e. The standard InChI is InChI=1S/C10H19NO4/c1-10(2)11(9(13)14)8(7-15-10)5-3-4-6-12/h8,12H,3-7H2,1-2H3,(H,13,14)/t8-/m1/s1. The molecular weight excluding hydrogens is 198 g/mol. The van der Waals surface area contributed by atoms with Crippen LogP contribution in [-0.4, -0.2) is 46.2 Å². The van der Waals surface area contributed by atoms with Gasteiger partial charge in [-0.2, -0.15) is 0 Å². The first-order valence-corrected chi connectivity index (χ1v) is 5.26. The van der Waals surface area contributed by atoms with E-state index in [0.717, 1.165) is 12.8 Å². The molecule has 0 bridgehead atoms. The van der Waals surface area contributed by atoms with Crippen molar-refractivity contribution in [3.05, 3.63) is 0 Å². The van der Waals surface area contributed by atoms with E-state index in [1.165, 1.54) is 4.90 Å². The van der Waals surface area contributed by atoms with Crippen molar-refractivity contribution in [1.29, 1.82) is 0 Å². The first-order chi connectivity index (χ1) is 6.99. The molecule has 5 heteroatoms. The number of carboxylic acid groups (broad SMARTS) is 1. The molecule has 1 heterocycles. The van der Waals surface area contributed by atoms with Crippen LogP contribution in [0.15, 0.2) is 0 Å². The monoisotopic (exact) mass is 217 g/mol. The Kier molecular flexibility index (Phi) is 3.93. The second kappa shape index (κ2) is 4.81. The van der Waals surface area contributed by atoms with Crippen molar-refractivity contribution in [3.63, 3.8) is 0 Å². The first kappa shape index (κ1) is 12.3. The van der Waals surface area contributed by atoms with Gasteiger partial charge in [0.25, 0.3) is 0 Å². The molecule has 2 N–H and O–H groups in total. The van der Waals surface area contributed by atoms with Crippen molar-refractivity contribution in [2.75, 3.05) is 13.2 Å². The quantitative estimate of drug-likeness (QED) is 0.695. The van der Waals surface area contributed by atoms with E-state index in [2.05, 4.69) is 0 Å². The van der Waals surface area contributed by atoms with Gasteiger partial charge in [-0.15, -0.1) is 0 Å². The van der Waals surface area contributed by atoms with Crippen molar-refractivity contribution < 1.29 is 19.7 Å². The molecule has 1 amide bonds. The van der Waals surface area contributed by atoms with Gasteiger partial charge in [0.05, 0.1) is 12.6 Å². The van der Waals surface area contributed by atoms with E-state index in [-0.39, 0.29) is 12.6 Å². The van der Waals surface area contributed by atoms with Crippen LogP contribution in [0.2, 0.25) is 0 Å². The van der Waals surface area contributed by atoms with Crippen molar-refractivity contribution in [1.82, 2.24) is 4.90 Å². The molecule has 0 aromatic rings. The minimum atomic E-state index is -0.938. The summed E-state index contributed by atoms with van der Waals surface area (Å²) in [6, 6.07) is -0.0796. The van der Waals surface area contributed by atoms with Crippen LogP contribution in [-0.2, 0) is 4.74 Å². The van der Waals surface area contributed by atoms with E-state index in [0.29, 0.717) is 13.0 Å². The number of aliphatic hydroxyl groups is 1. The van der Waals surface area contributed by atoms with Gasteiger partial charge in [0.1, 0.15) is 5.72 Å². The number of rotatable bonds is 4. The number of unbranched alkanes of at least 4 members (excludes halogenated alkanes) is 1. The smallest absolute Gasteiger partial charge is 0.409 e. The topological polar surface area (TPSA) is 70.0 Å². The number of nitrogens with zero attached hydrogens (tertiary/aromatic N) is 1. The molecule has 1 fully saturated rings. The summed E-state index contributed by atoms with van der Waals surface area (Å²) >= 11 is 0. The zero-order valence-electron chi connectivity index (χ0n) is 9.27. The Bertz CT molecular complexity index is 229. The van der Waals surface area contributed by atoms with E-state index in [1.54, 1.807) is 13.8 Å². The summed E-state index contributed by atoms with van der Waals surface area (Å²) in [6.45, 7) is 4.12. The van der Waals surface area contributed by atoms with Crippen molar-refractivity contribution >= 4 is 6.09 Å². The molecule has 0 saturated carbocycles. The molecule has 1 aliphatic heterocycles. The highest BCUT2D eigenvalue weighted by atomic mass is 16.5. The average Bonchev–Trinajstić information content (AvgIpc) is 2.42. The molecule has 0 aliphatic carbocycles. The molecule has 0 spiro atoms. The number of hydrogen-bond donors (Lipinski definition) is 2. The summed E-state index contributed by atoms with van der Waals surface area (Å²) in [5.41, 5.74) is -0.726. The van der Waals surface area contributed by atoms with Crippen LogP contribution in [0.5, 0.6) is 0 Å². The molecule has 5 nitrogen and oxygen atoms in total. The van der Waals surface area contributed by atoms with E-state index in [4.69, 9.17) is 14.9 Å². The van der Waals surface area contributed by atoms with Gasteiger partial charge >= 0.3 is 6.09 Å². The largest absolute Gasteiger partial charge is 0.465 e. The normalized spacial score (nSPS) is 24.5. The van der Waals surface area contributed by atoms with Gasteiger partial charge in [0.15, 0.2) is 0 Å². The minimum Gasteiger partial charge on any atom is -0.465 e. The Morgan fingerprint density at radius 3 is 2.73 bits per heavy atom. The first-order valence-electron chi connectivity index (χ1n) is 5.26. The summed E-state index contributed by atoms with van der Waals surface area (Å²) in [4.78, 5) is 12.4. The third-order valence-corrected chi connectivity index (χ3v) is 2.73. The van der Waals surface area contributed by atoms with Crippen LogP contribution < -0.4 is 0 Å². The van der Waals surface area contributed by atoms with Crippen LogP contribution >= 0.6 is 0 Å². The van der Waals surface area contributed by atoms with Crippen molar-refractivity contribution in [3.8, 4) is 0 Å². The zero-order chi connectivity index (χ0) is 11.5. The predicted molar refractivity (Wildman–Crippen MR) is 54.6 cm³/mol. The Labute approximate surface area is 89.6 Å². The van der Waals surface area contributed by atoms with Crippen molar-refractivity contribution in [2.45, 2.75) is 44.9 Å². The van der Waals surface area contributed by atoms with Gasteiger partial charge < -0.3 is 14.9 Å². The number of ether oxygens (including phenoxy) is 1. The summed E-state index contributed by atoms with van der Waals surface area (Å²) in [5, 5.41) is 17.7. The molecule has 88 valence electrons. The number of aliphatic hydroxyl groups excluding tert-OH is 1. The second-order valence-electron chi connectivity index (χ2n) is 4.28. The van der Waals surface area contributed by atoms with E-state index in [1.807, 2.05) is 0 Å². The van der Waals surface area contributed by atoms with Gasteiger partial charge in [-0.1, -0.05) is 0 Å². The van der Waals surface area contributed by atoms with Crippen LogP contribution in [0.3, 0.4) is 0 Å². The third kappa shape index (κ3) is 2.82. The summed E-state index contributed by atoms with van der Waals surface area (Å²) < 4.78 is 5.44. The van der Waals surface area contributed by atoms with Crippen LogP contribution in [0, 0.1) is 0 Å². The maximum absolute atomic E-state index is 11.1. The average molecular weight is 217 g/mol. The van der Waals surface area contributed by atoms with E-state index < -0.39 is 11.8 Å². The second-order valence-corrected chi connectivity index (χ2v) is 4.28. The SMILES string of the molecule is CC1(C)OC[C@@H](CCCCO)N1C(=O)O. The molecule has 0 aromatic carbocycles. The fraction of sp³-hybridized carbons (Fsp3) is 0.900. The molecule has 1 saturated heterocycles. The predicted octanol–water partition coefficient (Wildman–Crippen LogP) is 1.26. The summed E-state index contributed by atoms with van der Waals surface area (Å²) in [6.07, 6.45) is 1.34. The van der Waals surface area contributed by atoms with E-state index in [9.17, 15) is 4.79 Å². The number of amides is 1. The van der Waals surface area contributed by atoms with Gasteiger partial charge in [0.2, 0.25) is 0 Å². The number of hydrogen-bond acceptors (Lipinski definition) is 3. The molecule has 0 radical (unpaired) electrons. The molecule has 0 aromatic heterocycles. The maximum atomic E-state index is 11.1. The lowest BCUT2D eigenvalue weighted by molar-refractivity contribution is -0.0421. The summed E-state index contributed by atoms with van der Waals surface area (Å²) in [5.74, 6) is 0. The zero-order valence-corrected chi connectivity index (χ0v) is 9.27. The molecule has 0 unspecified atom stereocenters. The lowest BCUT2D eigenvalue weighted by Gasteiger charge is -2.30. The fourth-order valence-corrected chi connectivity index (χ4v) is 1.97. The molecule has 15 heavy (non-hydrogen) atoms. The summed E-state index contributed by atoms with van der Waals surface area (Å²) in [7, 11) is 0. The minimum absolute atomic E-state index is 0.0796.